The van der Waals surface area contributed by atoms with Gasteiger partial charge in [0.1, 0.15) is 23.4 Å². The molecule has 214 valence electrons. The van der Waals surface area contributed by atoms with Crippen LogP contribution in [0.2, 0.25) is 0 Å². The van der Waals surface area contributed by atoms with E-state index in [1.165, 1.54) is 17.0 Å². The fourth-order valence-corrected chi connectivity index (χ4v) is 3.77. The summed E-state index contributed by atoms with van der Waals surface area (Å²) >= 11 is 0. The highest BCUT2D eigenvalue weighted by Gasteiger charge is 2.37. The largest absolute Gasteiger partial charge is 0.508 e. The predicted molar refractivity (Wildman–Crippen MR) is 144 cm³/mol. The van der Waals surface area contributed by atoms with Crippen molar-refractivity contribution in [3.63, 3.8) is 0 Å². The number of unbranched alkanes of at least 4 members (excludes halogenated alkanes) is 2. The molecule has 0 saturated heterocycles. The fourth-order valence-electron chi connectivity index (χ4n) is 3.77. The zero-order valence-electron chi connectivity index (χ0n) is 23.8. The summed E-state index contributed by atoms with van der Waals surface area (Å²) in [6.45, 7) is 13.1. The smallest absolute Gasteiger partial charge is 0.408 e. The lowest BCUT2D eigenvalue weighted by atomic mass is 9.98. The molecule has 0 aliphatic heterocycles. The van der Waals surface area contributed by atoms with Crippen molar-refractivity contribution in [1.82, 2.24) is 15.5 Å². The number of nitrogens with one attached hydrogen (secondary N) is 2. The average molecular weight is 536 g/mol. The van der Waals surface area contributed by atoms with Crippen LogP contribution >= 0.6 is 0 Å². The number of hydrogen-bond acceptors (Lipinski definition) is 7. The first kappa shape index (κ1) is 32.7. The van der Waals surface area contributed by atoms with Crippen LogP contribution in [0.3, 0.4) is 0 Å². The Morgan fingerprint density at radius 1 is 1.03 bits per heavy atom. The lowest BCUT2D eigenvalue weighted by Crippen LogP contribution is -2.55. The molecule has 1 rings (SSSR count). The summed E-state index contributed by atoms with van der Waals surface area (Å²) in [6, 6.07) is 4.05. The first-order chi connectivity index (χ1) is 17.8. The van der Waals surface area contributed by atoms with Gasteiger partial charge < -0.3 is 30.1 Å². The molecule has 2 unspecified atom stereocenters. The summed E-state index contributed by atoms with van der Waals surface area (Å²) in [4.78, 5) is 53.3. The van der Waals surface area contributed by atoms with Gasteiger partial charge in [-0.3, -0.25) is 14.4 Å². The number of alkyl carbamates (subject to hydrolysis) is 1. The monoisotopic (exact) mass is 535 g/mol. The van der Waals surface area contributed by atoms with Gasteiger partial charge in [0.25, 0.3) is 0 Å². The number of aromatic hydroxyl groups is 1. The number of esters is 1. The standard InChI is InChI=1S/C28H45N3O7/c1-8-10-11-18-31(26(35)23(19(3)4)30-27(36)38-28(5,6)7)24(20-12-14-21(32)15-13-20)25(34)29-17-16-22(33)37-9-2/h12-15,19,23-24,32H,8-11,16-18H2,1-7H3,(H,29,34)(H,30,36). The lowest BCUT2D eigenvalue weighted by molar-refractivity contribution is -0.144. The van der Waals surface area contributed by atoms with Crippen LogP contribution in [-0.2, 0) is 23.9 Å². The van der Waals surface area contributed by atoms with Gasteiger partial charge in [-0.2, -0.15) is 0 Å². The number of phenolic OH excluding ortho intramolecular Hbond substituents is 1. The Morgan fingerprint density at radius 3 is 2.18 bits per heavy atom. The van der Waals surface area contributed by atoms with Gasteiger partial charge in [-0.1, -0.05) is 45.7 Å². The highest BCUT2D eigenvalue weighted by atomic mass is 16.6. The number of phenols is 1. The molecule has 0 aliphatic rings. The van der Waals surface area contributed by atoms with E-state index in [1.54, 1.807) is 53.7 Å². The van der Waals surface area contributed by atoms with Crippen LogP contribution in [0.25, 0.3) is 0 Å². The molecule has 0 heterocycles. The van der Waals surface area contributed by atoms with E-state index in [2.05, 4.69) is 10.6 Å². The normalized spacial score (nSPS) is 12.8. The minimum absolute atomic E-state index is 0.0134. The molecule has 3 amide bonds. The van der Waals surface area contributed by atoms with E-state index in [9.17, 15) is 24.3 Å². The van der Waals surface area contributed by atoms with Gasteiger partial charge in [0.15, 0.2) is 0 Å². The molecule has 0 radical (unpaired) electrons. The van der Waals surface area contributed by atoms with Crippen molar-refractivity contribution in [2.24, 2.45) is 5.92 Å². The molecule has 1 aromatic carbocycles. The van der Waals surface area contributed by atoms with E-state index in [0.29, 0.717) is 12.0 Å². The van der Waals surface area contributed by atoms with Crippen molar-refractivity contribution in [2.45, 2.75) is 91.8 Å². The molecular formula is C28H45N3O7. The second-order valence-corrected chi connectivity index (χ2v) is 10.4. The molecule has 0 saturated carbocycles. The minimum Gasteiger partial charge on any atom is -0.508 e. The molecule has 0 aliphatic carbocycles. The number of rotatable bonds is 14. The maximum Gasteiger partial charge on any atom is 0.408 e. The molecular weight excluding hydrogens is 490 g/mol. The summed E-state index contributed by atoms with van der Waals surface area (Å²) in [7, 11) is 0. The second kappa shape index (κ2) is 15.8. The van der Waals surface area contributed by atoms with Crippen LogP contribution in [0.1, 0.15) is 85.8 Å². The Labute approximate surface area is 226 Å². The van der Waals surface area contributed by atoms with Crippen LogP contribution in [-0.4, -0.2) is 65.2 Å². The fraction of sp³-hybridized carbons (Fsp3) is 0.643. The van der Waals surface area contributed by atoms with Crippen molar-refractivity contribution < 1.29 is 33.8 Å². The first-order valence-electron chi connectivity index (χ1n) is 13.3. The molecule has 0 spiro atoms. The number of benzene rings is 1. The molecule has 10 heteroatoms. The molecule has 3 N–H and O–H groups in total. The lowest BCUT2D eigenvalue weighted by Gasteiger charge is -2.35. The maximum absolute atomic E-state index is 14.0. The van der Waals surface area contributed by atoms with Gasteiger partial charge in [0, 0.05) is 13.1 Å². The Morgan fingerprint density at radius 2 is 1.66 bits per heavy atom. The molecule has 1 aromatic rings. The van der Waals surface area contributed by atoms with Gasteiger partial charge in [0.2, 0.25) is 11.8 Å². The number of amides is 3. The Kier molecular flexibility index (Phi) is 13.6. The van der Waals surface area contributed by atoms with Crippen molar-refractivity contribution >= 4 is 23.9 Å². The summed E-state index contributed by atoms with van der Waals surface area (Å²) in [5.74, 6) is -1.63. The Balaban J connectivity index is 3.37. The molecule has 38 heavy (non-hydrogen) atoms. The Bertz CT molecular complexity index is 910. The molecule has 10 nitrogen and oxygen atoms in total. The minimum atomic E-state index is -1.05. The quantitative estimate of drug-likeness (QED) is 0.241. The van der Waals surface area contributed by atoms with Crippen molar-refractivity contribution in [2.75, 3.05) is 19.7 Å². The van der Waals surface area contributed by atoms with Crippen LogP contribution in [0, 0.1) is 5.92 Å². The van der Waals surface area contributed by atoms with Gasteiger partial charge in [-0.05, 0) is 57.7 Å². The zero-order valence-corrected chi connectivity index (χ0v) is 23.8. The summed E-state index contributed by atoms with van der Waals surface area (Å²) in [5.41, 5.74) is -0.260. The SMILES string of the molecule is CCCCCN(C(=O)C(NC(=O)OC(C)(C)C)C(C)C)C(C(=O)NCCC(=O)OCC)c1ccc(O)cc1. The molecule has 0 aromatic heterocycles. The van der Waals surface area contributed by atoms with Gasteiger partial charge in [-0.15, -0.1) is 0 Å². The molecule has 0 bridgehead atoms. The Hall–Kier alpha value is -3.30. The highest BCUT2D eigenvalue weighted by Crippen LogP contribution is 2.26. The third-order valence-electron chi connectivity index (χ3n) is 5.59. The van der Waals surface area contributed by atoms with E-state index in [1.807, 2.05) is 6.92 Å². The third kappa shape index (κ3) is 11.4. The van der Waals surface area contributed by atoms with E-state index in [4.69, 9.17) is 9.47 Å². The number of carbonyl (C=O) groups is 4. The molecule has 2 atom stereocenters. The van der Waals surface area contributed by atoms with Crippen molar-refractivity contribution in [3.05, 3.63) is 29.8 Å². The third-order valence-corrected chi connectivity index (χ3v) is 5.59. The summed E-state index contributed by atoms with van der Waals surface area (Å²) < 4.78 is 10.3. The van der Waals surface area contributed by atoms with E-state index in [-0.39, 0.29) is 37.8 Å². The van der Waals surface area contributed by atoms with Crippen molar-refractivity contribution in [1.29, 1.82) is 0 Å². The predicted octanol–water partition coefficient (Wildman–Crippen LogP) is 4.07. The van der Waals surface area contributed by atoms with Gasteiger partial charge >= 0.3 is 12.1 Å². The van der Waals surface area contributed by atoms with Crippen LogP contribution in [0.4, 0.5) is 4.79 Å². The topological polar surface area (TPSA) is 134 Å². The van der Waals surface area contributed by atoms with E-state index in [0.717, 1.165) is 12.8 Å². The van der Waals surface area contributed by atoms with Gasteiger partial charge in [0.05, 0.1) is 13.0 Å². The van der Waals surface area contributed by atoms with E-state index < -0.39 is 41.6 Å². The second-order valence-electron chi connectivity index (χ2n) is 10.4. The van der Waals surface area contributed by atoms with Crippen LogP contribution in [0.5, 0.6) is 5.75 Å². The summed E-state index contributed by atoms with van der Waals surface area (Å²) in [5, 5.41) is 15.2. The zero-order chi connectivity index (χ0) is 28.9. The summed E-state index contributed by atoms with van der Waals surface area (Å²) in [6.07, 6.45) is 1.65. The van der Waals surface area contributed by atoms with Crippen molar-refractivity contribution in [3.8, 4) is 5.75 Å². The van der Waals surface area contributed by atoms with E-state index >= 15 is 0 Å². The average Bonchev–Trinajstić information content (AvgIpc) is 2.81. The highest BCUT2D eigenvalue weighted by molar-refractivity contribution is 5.92. The van der Waals surface area contributed by atoms with Crippen LogP contribution < -0.4 is 10.6 Å². The first-order valence-corrected chi connectivity index (χ1v) is 13.3. The van der Waals surface area contributed by atoms with Gasteiger partial charge in [-0.25, -0.2) is 4.79 Å². The van der Waals surface area contributed by atoms with Crippen LogP contribution in [0.15, 0.2) is 24.3 Å². The number of hydrogen-bond donors (Lipinski definition) is 3. The number of carbonyl (C=O) groups excluding carboxylic acids is 4. The number of ether oxygens (including phenoxy) is 2. The molecule has 0 fully saturated rings. The number of nitrogens with zero attached hydrogens (tertiary/aromatic N) is 1. The maximum atomic E-state index is 14.0.